The van der Waals surface area contributed by atoms with Crippen molar-refractivity contribution in [2.24, 2.45) is 0 Å². The van der Waals surface area contributed by atoms with E-state index in [9.17, 15) is 4.79 Å². The van der Waals surface area contributed by atoms with Gasteiger partial charge in [-0.2, -0.15) is 0 Å². The minimum absolute atomic E-state index is 0.258. The van der Waals surface area contributed by atoms with Gasteiger partial charge in [0, 0.05) is 24.5 Å². The van der Waals surface area contributed by atoms with Gasteiger partial charge in [0.05, 0.1) is 18.8 Å². The van der Waals surface area contributed by atoms with Crippen LogP contribution in [0.15, 0.2) is 24.3 Å². The van der Waals surface area contributed by atoms with Crippen molar-refractivity contribution in [1.29, 1.82) is 0 Å². The van der Waals surface area contributed by atoms with Crippen molar-refractivity contribution in [3.8, 4) is 0 Å². The van der Waals surface area contributed by atoms with Crippen LogP contribution in [0.5, 0.6) is 0 Å². The Bertz CT molecular complexity index is 505. The van der Waals surface area contributed by atoms with Crippen LogP contribution in [-0.2, 0) is 16.0 Å². The molecule has 1 aromatic carbocycles. The SMILES string of the molecule is O=C(Cc1cccc(Cl)c1)C1(N2CCOCC2)CCCC1. The lowest BCUT2D eigenvalue weighted by Gasteiger charge is -2.42. The summed E-state index contributed by atoms with van der Waals surface area (Å²) in [6.45, 7) is 3.24. The van der Waals surface area contributed by atoms with Gasteiger partial charge in [-0.1, -0.05) is 36.6 Å². The Balaban J connectivity index is 1.78. The second-order valence-electron chi connectivity index (χ2n) is 6.07. The Morgan fingerprint density at radius 2 is 1.95 bits per heavy atom. The van der Waals surface area contributed by atoms with Crippen LogP contribution in [0.1, 0.15) is 31.2 Å². The quantitative estimate of drug-likeness (QED) is 0.856. The third-order valence-corrected chi connectivity index (χ3v) is 5.05. The van der Waals surface area contributed by atoms with Crippen molar-refractivity contribution in [1.82, 2.24) is 4.90 Å². The fourth-order valence-corrected chi connectivity index (χ4v) is 3.93. The molecule has 1 heterocycles. The van der Waals surface area contributed by atoms with Gasteiger partial charge >= 0.3 is 0 Å². The number of carbonyl (C=O) groups excluding carboxylic acids is 1. The molecule has 0 atom stereocenters. The molecule has 1 saturated heterocycles. The molecule has 0 bridgehead atoms. The number of Topliss-reactive ketones (excluding diaryl/α,β-unsaturated/α-hetero) is 1. The van der Waals surface area contributed by atoms with Gasteiger partial charge in [0.1, 0.15) is 0 Å². The molecule has 0 unspecified atom stereocenters. The number of halogens is 1. The van der Waals surface area contributed by atoms with Gasteiger partial charge < -0.3 is 4.74 Å². The Hall–Kier alpha value is -0.900. The van der Waals surface area contributed by atoms with Gasteiger partial charge in [0.2, 0.25) is 0 Å². The molecule has 21 heavy (non-hydrogen) atoms. The Morgan fingerprint density at radius 3 is 2.62 bits per heavy atom. The van der Waals surface area contributed by atoms with E-state index in [-0.39, 0.29) is 5.54 Å². The first-order chi connectivity index (χ1) is 10.2. The number of carbonyl (C=O) groups is 1. The fraction of sp³-hybridized carbons (Fsp3) is 0.588. The molecule has 1 aromatic rings. The van der Waals surface area contributed by atoms with Crippen LogP contribution in [0.3, 0.4) is 0 Å². The van der Waals surface area contributed by atoms with E-state index in [1.165, 1.54) is 0 Å². The van der Waals surface area contributed by atoms with E-state index in [1.807, 2.05) is 24.3 Å². The summed E-state index contributed by atoms with van der Waals surface area (Å²) in [4.78, 5) is 15.4. The highest BCUT2D eigenvalue weighted by molar-refractivity contribution is 6.30. The maximum Gasteiger partial charge on any atom is 0.157 e. The largest absolute Gasteiger partial charge is 0.379 e. The second kappa shape index (κ2) is 6.47. The van der Waals surface area contributed by atoms with Crippen molar-refractivity contribution in [3.05, 3.63) is 34.9 Å². The molecule has 0 radical (unpaired) electrons. The molecule has 0 spiro atoms. The van der Waals surface area contributed by atoms with Gasteiger partial charge in [0.25, 0.3) is 0 Å². The third kappa shape index (κ3) is 3.15. The molecule has 0 N–H and O–H groups in total. The molecule has 3 nitrogen and oxygen atoms in total. The molecular weight excluding hydrogens is 286 g/mol. The third-order valence-electron chi connectivity index (χ3n) is 4.82. The number of benzene rings is 1. The minimum Gasteiger partial charge on any atom is -0.379 e. The predicted octanol–water partition coefficient (Wildman–Crippen LogP) is 3.10. The van der Waals surface area contributed by atoms with Crippen molar-refractivity contribution in [2.45, 2.75) is 37.6 Å². The summed E-state index contributed by atoms with van der Waals surface area (Å²) in [5.41, 5.74) is 0.763. The Kier molecular flexibility index (Phi) is 4.63. The molecule has 114 valence electrons. The average Bonchev–Trinajstić information content (AvgIpc) is 2.99. The van der Waals surface area contributed by atoms with E-state index in [0.717, 1.165) is 57.6 Å². The number of rotatable bonds is 4. The smallest absolute Gasteiger partial charge is 0.157 e. The minimum atomic E-state index is -0.258. The van der Waals surface area contributed by atoms with Crippen molar-refractivity contribution in [2.75, 3.05) is 26.3 Å². The van der Waals surface area contributed by atoms with Crippen molar-refractivity contribution in [3.63, 3.8) is 0 Å². The maximum absolute atomic E-state index is 13.0. The first-order valence-corrected chi connectivity index (χ1v) is 8.19. The van der Waals surface area contributed by atoms with Crippen LogP contribution in [0.2, 0.25) is 5.02 Å². The summed E-state index contributed by atoms with van der Waals surface area (Å²) in [6.07, 6.45) is 4.77. The van der Waals surface area contributed by atoms with E-state index < -0.39 is 0 Å². The van der Waals surface area contributed by atoms with Crippen LogP contribution in [-0.4, -0.2) is 42.5 Å². The summed E-state index contributed by atoms with van der Waals surface area (Å²) in [5, 5.41) is 0.701. The van der Waals surface area contributed by atoms with Crippen LogP contribution in [0, 0.1) is 0 Å². The number of ketones is 1. The number of morpholine rings is 1. The van der Waals surface area contributed by atoms with E-state index in [1.54, 1.807) is 0 Å². The molecule has 4 heteroatoms. The lowest BCUT2D eigenvalue weighted by Crippen LogP contribution is -2.57. The lowest BCUT2D eigenvalue weighted by molar-refractivity contribution is -0.133. The molecule has 2 fully saturated rings. The standard InChI is InChI=1S/C17H22ClNO2/c18-15-5-3-4-14(12-15)13-16(20)17(6-1-2-7-17)19-8-10-21-11-9-19/h3-5,12H,1-2,6-11,13H2. The topological polar surface area (TPSA) is 29.5 Å². The Labute approximate surface area is 131 Å². The molecule has 1 aliphatic heterocycles. The van der Waals surface area contributed by atoms with Crippen LogP contribution in [0.4, 0.5) is 0 Å². The van der Waals surface area contributed by atoms with Crippen molar-refractivity contribution >= 4 is 17.4 Å². The number of nitrogens with zero attached hydrogens (tertiary/aromatic N) is 1. The molecule has 3 rings (SSSR count). The second-order valence-corrected chi connectivity index (χ2v) is 6.50. The first kappa shape index (κ1) is 15.0. The molecule has 0 amide bonds. The van der Waals surface area contributed by atoms with Crippen LogP contribution in [0.25, 0.3) is 0 Å². The Morgan fingerprint density at radius 1 is 1.24 bits per heavy atom. The summed E-state index contributed by atoms with van der Waals surface area (Å²) < 4.78 is 5.45. The first-order valence-electron chi connectivity index (χ1n) is 7.81. The van der Waals surface area contributed by atoms with Crippen LogP contribution < -0.4 is 0 Å². The van der Waals surface area contributed by atoms with Crippen LogP contribution >= 0.6 is 11.6 Å². The summed E-state index contributed by atoms with van der Waals surface area (Å²) in [5.74, 6) is 0.351. The van der Waals surface area contributed by atoms with E-state index >= 15 is 0 Å². The highest BCUT2D eigenvalue weighted by Gasteiger charge is 2.45. The number of hydrogen-bond donors (Lipinski definition) is 0. The normalized spacial score (nSPS) is 22.3. The average molecular weight is 308 g/mol. The molecular formula is C17H22ClNO2. The molecule has 2 aliphatic rings. The number of hydrogen-bond acceptors (Lipinski definition) is 3. The van der Waals surface area contributed by atoms with Gasteiger partial charge in [0.15, 0.2) is 5.78 Å². The summed E-state index contributed by atoms with van der Waals surface area (Å²) in [6, 6.07) is 7.66. The fourth-order valence-electron chi connectivity index (χ4n) is 3.72. The number of ether oxygens (including phenoxy) is 1. The van der Waals surface area contributed by atoms with E-state index in [4.69, 9.17) is 16.3 Å². The van der Waals surface area contributed by atoms with E-state index in [2.05, 4.69) is 4.90 Å². The highest BCUT2D eigenvalue weighted by Crippen LogP contribution is 2.37. The van der Waals surface area contributed by atoms with E-state index in [0.29, 0.717) is 17.2 Å². The van der Waals surface area contributed by atoms with Gasteiger partial charge in [-0.15, -0.1) is 0 Å². The zero-order chi connectivity index (χ0) is 14.7. The molecule has 0 aromatic heterocycles. The summed E-state index contributed by atoms with van der Waals surface area (Å²) >= 11 is 6.03. The molecule has 1 saturated carbocycles. The van der Waals surface area contributed by atoms with Gasteiger partial charge in [-0.3, -0.25) is 9.69 Å². The zero-order valence-corrected chi connectivity index (χ0v) is 13.1. The highest BCUT2D eigenvalue weighted by atomic mass is 35.5. The predicted molar refractivity (Wildman–Crippen MR) is 83.8 cm³/mol. The van der Waals surface area contributed by atoms with Gasteiger partial charge in [-0.05, 0) is 30.5 Å². The molecule has 1 aliphatic carbocycles. The van der Waals surface area contributed by atoms with Crippen molar-refractivity contribution < 1.29 is 9.53 Å². The zero-order valence-electron chi connectivity index (χ0n) is 12.3. The lowest BCUT2D eigenvalue weighted by atomic mass is 9.86. The monoisotopic (exact) mass is 307 g/mol. The van der Waals surface area contributed by atoms with Gasteiger partial charge in [-0.25, -0.2) is 0 Å². The maximum atomic E-state index is 13.0. The summed E-state index contributed by atoms with van der Waals surface area (Å²) in [7, 11) is 0.